The summed E-state index contributed by atoms with van der Waals surface area (Å²) in [6, 6.07) is 0.345. The molecule has 1 atom stereocenters. The van der Waals surface area contributed by atoms with Crippen molar-refractivity contribution in [1.82, 2.24) is 4.90 Å². The number of hydrogen-bond acceptors (Lipinski definition) is 1. The summed E-state index contributed by atoms with van der Waals surface area (Å²) >= 11 is 5.57. The van der Waals surface area contributed by atoms with Gasteiger partial charge in [0.1, 0.15) is 0 Å². The highest BCUT2D eigenvalue weighted by atomic mass is 35.5. The molecule has 0 bridgehead atoms. The Bertz CT molecular complexity index is 161. The highest BCUT2D eigenvalue weighted by Gasteiger charge is 2.16. The molecule has 0 spiro atoms. The van der Waals surface area contributed by atoms with Crippen molar-refractivity contribution in [3.63, 3.8) is 0 Å². The lowest BCUT2D eigenvalue weighted by molar-refractivity contribution is -0.132. The lowest BCUT2D eigenvalue weighted by atomic mass is 10.2. The fourth-order valence-corrected chi connectivity index (χ4v) is 1.53. The van der Waals surface area contributed by atoms with Crippen molar-refractivity contribution in [3.8, 4) is 0 Å². The predicted molar refractivity (Wildman–Crippen MR) is 61.7 cm³/mol. The number of nitrogens with zero attached hydrogens (tertiary/aromatic N) is 1. The molecule has 1 unspecified atom stereocenters. The molecule has 0 fully saturated rings. The van der Waals surface area contributed by atoms with Gasteiger partial charge in [0.15, 0.2) is 0 Å². The van der Waals surface area contributed by atoms with E-state index in [1.54, 1.807) is 0 Å². The number of rotatable bonds is 7. The predicted octanol–water partition coefficient (Wildman–Crippen LogP) is 3.04. The van der Waals surface area contributed by atoms with Gasteiger partial charge in [-0.3, -0.25) is 4.79 Å². The number of unbranched alkanes of at least 4 members (excludes halogenated alkanes) is 1. The molecule has 2 nitrogen and oxygen atoms in total. The van der Waals surface area contributed by atoms with Crippen LogP contribution in [0.5, 0.6) is 0 Å². The molecule has 0 aromatic rings. The number of hydrogen-bond donors (Lipinski definition) is 0. The summed E-state index contributed by atoms with van der Waals surface area (Å²) in [4.78, 5) is 13.7. The van der Waals surface area contributed by atoms with Crippen LogP contribution in [0, 0.1) is 0 Å². The summed E-state index contributed by atoms with van der Waals surface area (Å²) in [5.74, 6) is 0.626. The molecule has 84 valence electrons. The summed E-state index contributed by atoms with van der Waals surface area (Å²) < 4.78 is 0. The summed E-state index contributed by atoms with van der Waals surface area (Å²) in [7, 11) is 0. The first-order valence-corrected chi connectivity index (χ1v) is 6.06. The molecular weight excluding hydrogens is 198 g/mol. The molecule has 0 radical (unpaired) electrons. The van der Waals surface area contributed by atoms with Crippen molar-refractivity contribution < 1.29 is 4.79 Å². The van der Waals surface area contributed by atoms with Crippen molar-refractivity contribution >= 4 is 17.5 Å². The normalized spacial score (nSPS) is 12.6. The van der Waals surface area contributed by atoms with Crippen LogP contribution in [0.25, 0.3) is 0 Å². The molecule has 0 aromatic heterocycles. The maximum Gasteiger partial charge on any atom is 0.224 e. The first-order chi connectivity index (χ1) is 6.67. The average Bonchev–Trinajstić information content (AvgIpc) is 2.18. The smallest absolute Gasteiger partial charge is 0.224 e. The highest BCUT2D eigenvalue weighted by molar-refractivity contribution is 6.18. The fourth-order valence-electron chi connectivity index (χ4n) is 1.36. The quantitative estimate of drug-likeness (QED) is 0.603. The van der Waals surface area contributed by atoms with E-state index >= 15 is 0 Å². The molecule has 0 rings (SSSR count). The van der Waals surface area contributed by atoms with Crippen LogP contribution in [0.1, 0.15) is 46.5 Å². The maximum absolute atomic E-state index is 11.7. The van der Waals surface area contributed by atoms with E-state index in [2.05, 4.69) is 20.8 Å². The van der Waals surface area contributed by atoms with Crippen molar-refractivity contribution in [2.24, 2.45) is 0 Å². The van der Waals surface area contributed by atoms with Gasteiger partial charge < -0.3 is 4.90 Å². The molecule has 0 aromatic carbocycles. The van der Waals surface area contributed by atoms with E-state index in [1.165, 1.54) is 0 Å². The van der Waals surface area contributed by atoms with E-state index in [9.17, 15) is 4.79 Å². The third kappa shape index (κ3) is 4.85. The number of halogens is 1. The first kappa shape index (κ1) is 13.8. The van der Waals surface area contributed by atoms with E-state index in [1.807, 2.05) is 4.90 Å². The molecular formula is C11H22ClNO. The number of carbonyl (C=O) groups excluding carboxylic acids is 1. The van der Waals surface area contributed by atoms with Crippen LogP contribution in [0.3, 0.4) is 0 Å². The van der Waals surface area contributed by atoms with Gasteiger partial charge in [0, 0.05) is 24.9 Å². The Hall–Kier alpha value is -0.240. The van der Waals surface area contributed by atoms with Crippen LogP contribution in [0.15, 0.2) is 0 Å². The van der Waals surface area contributed by atoms with Gasteiger partial charge in [-0.1, -0.05) is 20.3 Å². The standard InChI is InChI=1S/C11H22ClNO/c1-4-6-9-13(10(3)5-2)11(14)7-8-12/h10H,4-9H2,1-3H3. The molecule has 0 aliphatic rings. The van der Waals surface area contributed by atoms with Crippen LogP contribution >= 0.6 is 11.6 Å². The summed E-state index contributed by atoms with van der Waals surface area (Å²) in [5.41, 5.74) is 0. The maximum atomic E-state index is 11.7. The zero-order valence-corrected chi connectivity index (χ0v) is 10.3. The van der Waals surface area contributed by atoms with Gasteiger partial charge in [-0.05, 0) is 19.8 Å². The molecule has 0 aliphatic heterocycles. The lowest BCUT2D eigenvalue weighted by Crippen LogP contribution is -2.39. The van der Waals surface area contributed by atoms with Crippen molar-refractivity contribution in [2.75, 3.05) is 12.4 Å². The number of carbonyl (C=O) groups is 1. The van der Waals surface area contributed by atoms with Gasteiger partial charge >= 0.3 is 0 Å². The summed E-state index contributed by atoms with van der Waals surface area (Å²) in [5, 5.41) is 0. The van der Waals surface area contributed by atoms with Gasteiger partial charge in [-0.25, -0.2) is 0 Å². The third-order valence-electron chi connectivity index (χ3n) is 2.50. The SMILES string of the molecule is CCCCN(C(=O)CCCl)C(C)CC. The third-order valence-corrected chi connectivity index (χ3v) is 2.69. The monoisotopic (exact) mass is 219 g/mol. The molecule has 14 heavy (non-hydrogen) atoms. The van der Waals surface area contributed by atoms with Crippen LogP contribution in [-0.2, 0) is 4.79 Å². The van der Waals surface area contributed by atoms with Gasteiger partial charge in [-0.2, -0.15) is 0 Å². The van der Waals surface area contributed by atoms with E-state index in [0.29, 0.717) is 18.3 Å². The van der Waals surface area contributed by atoms with Gasteiger partial charge in [0.25, 0.3) is 0 Å². The zero-order chi connectivity index (χ0) is 11.0. The van der Waals surface area contributed by atoms with Crippen molar-refractivity contribution in [1.29, 1.82) is 0 Å². The Morgan fingerprint density at radius 3 is 2.50 bits per heavy atom. The van der Waals surface area contributed by atoms with E-state index in [0.717, 1.165) is 25.8 Å². The van der Waals surface area contributed by atoms with Gasteiger partial charge in [0.05, 0.1) is 0 Å². The van der Waals surface area contributed by atoms with E-state index in [4.69, 9.17) is 11.6 Å². The molecule has 0 N–H and O–H groups in total. The summed E-state index contributed by atoms with van der Waals surface area (Å²) in [6.45, 7) is 7.22. The molecule has 0 heterocycles. The minimum Gasteiger partial charge on any atom is -0.340 e. The Balaban J connectivity index is 4.15. The average molecular weight is 220 g/mol. The number of alkyl halides is 1. The van der Waals surface area contributed by atoms with Crippen molar-refractivity contribution in [2.45, 2.75) is 52.5 Å². The van der Waals surface area contributed by atoms with Crippen LogP contribution in [-0.4, -0.2) is 29.3 Å². The molecule has 0 saturated carbocycles. The highest BCUT2D eigenvalue weighted by Crippen LogP contribution is 2.08. The summed E-state index contributed by atoms with van der Waals surface area (Å²) in [6.07, 6.45) is 3.69. The Morgan fingerprint density at radius 1 is 1.43 bits per heavy atom. The fraction of sp³-hybridized carbons (Fsp3) is 0.909. The molecule has 0 saturated heterocycles. The minimum atomic E-state index is 0.197. The molecule has 3 heteroatoms. The van der Waals surface area contributed by atoms with Gasteiger partial charge in [0.2, 0.25) is 5.91 Å². The number of amides is 1. The van der Waals surface area contributed by atoms with E-state index in [-0.39, 0.29) is 5.91 Å². The topological polar surface area (TPSA) is 20.3 Å². The van der Waals surface area contributed by atoms with Crippen LogP contribution in [0.4, 0.5) is 0 Å². The second-order valence-corrected chi connectivity index (χ2v) is 4.01. The Labute approximate surface area is 92.6 Å². The zero-order valence-electron chi connectivity index (χ0n) is 9.55. The Kier molecular flexibility index (Phi) is 7.96. The van der Waals surface area contributed by atoms with E-state index < -0.39 is 0 Å². The minimum absolute atomic E-state index is 0.197. The molecule has 0 aliphatic carbocycles. The second kappa shape index (κ2) is 8.10. The largest absolute Gasteiger partial charge is 0.340 e. The molecule has 1 amide bonds. The van der Waals surface area contributed by atoms with Gasteiger partial charge in [-0.15, -0.1) is 11.6 Å². The first-order valence-electron chi connectivity index (χ1n) is 5.52. The van der Waals surface area contributed by atoms with Crippen LogP contribution < -0.4 is 0 Å². The lowest BCUT2D eigenvalue weighted by Gasteiger charge is -2.28. The van der Waals surface area contributed by atoms with Crippen molar-refractivity contribution in [3.05, 3.63) is 0 Å². The Morgan fingerprint density at radius 2 is 2.07 bits per heavy atom. The van der Waals surface area contributed by atoms with Crippen LogP contribution in [0.2, 0.25) is 0 Å². The second-order valence-electron chi connectivity index (χ2n) is 3.64.